The molecule has 1 atom stereocenters. The van der Waals surface area contributed by atoms with Crippen molar-refractivity contribution in [2.45, 2.75) is 30.2 Å². The molecule has 7 heteroatoms. The van der Waals surface area contributed by atoms with Crippen molar-refractivity contribution >= 4 is 21.6 Å². The van der Waals surface area contributed by atoms with Crippen LogP contribution in [0.3, 0.4) is 0 Å². The number of nitrogens with zero attached hydrogens (tertiary/aromatic N) is 3. The molecule has 0 N–H and O–H groups in total. The second-order valence-corrected chi connectivity index (χ2v) is 6.81. The minimum Gasteiger partial charge on any atom is -0.207 e. The van der Waals surface area contributed by atoms with E-state index in [9.17, 15) is 8.42 Å². The van der Waals surface area contributed by atoms with Crippen molar-refractivity contribution in [3.05, 3.63) is 28.8 Å². The summed E-state index contributed by atoms with van der Waals surface area (Å²) in [6.45, 7) is 0.332. The highest BCUT2D eigenvalue weighted by atomic mass is 35.5. The molecular weight excluding hydrogens is 298 g/mol. The summed E-state index contributed by atoms with van der Waals surface area (Å²) >= 11 is 5.87. The number of sulfonamides is 1. The molecule has 1 aromatic carbocycles. The highest BCUT2D eigenvalue weighted by molar-refractivity contribution is 7.89. The fraction of sp³-hybridized carbons (Fsp3) is 0.385. The molecule has 0 saturated carbocycles. The lowest BCUT2D eigenvalue weighted by molar-refractivity contribution is 0.297. The first-order chi connectivity index (χ1) is 9.50. The minimum absolute atomic E-state index is 0.0173. The summed E-state index contributed by atoms with van der Waals surface area (Å²) in [5.74, 6) is 0. The Morgan fingerprint density at radius 2 is 2.05 bits per heavy atom. The largest absolute Gasteiger partial charge is 0.244 e. The van der Waals surface area contributed by atoms with Gasteiger partial charge >= 0.3 is 0 Å². The predicted octanol–water partition coefficient (Wildman–Crippen LogP) is 2.28. The van der Waals surface area contributed by atoms with Crippen molar-refractivity contribution in [2.24, 2.45) is 0 Å². The maximum atomic E-state index is 12.5. The molecule has 2 rings (SSSR count). The third kappa shape index (κ3) is 2.64. The molecule has 0 bridgehead atoms. The predicted molar refractivity (Wildman–Crippen MR) is 73.3 cm³/mol. The highest BCUT2D eigenvalue weighted by Gasteiger charge is 2.33. The van der Waals surface area contributed by atoms with E-state index in [4.69, 9.17) is 22.1 Å². The summed E-state index contributed by atoms with van der Waals surface area (Å²) in [6, 6.07) is 7.26. The highest BCUT2D eigenvalue weighted by Crippen LogP contribution is 2.27. The summed E-state index contributed by atoms with van der Waals surface area (Å²) in [7, 11) is -3.75. The van der Waals surface area contributed by atoms with Crippen LogP contribution in [0.2, 0.25) is 5.02 Å². The van der Waals surface area contributed by atoms with E-state index >= 15 is 0 Å². The van der Waals surface area contributed by atoms with Crippen molar-refractivity contribution in [2.75, 3.05) is 6.54 Å². The quantitative estimate of drug-likeness (QED) is 0.838. The van der Waals surface area contributed by atoms with Crippen molar-refractivity contribution in [3.63, 3.8) is 0 Å². The molecule has 1 aliphatic heterocycles. The third-order valence-electron chi connectivity index (χ3n) is 3.27. The molecule has 1 unspecified atom stereocenters. The Kier molecular flexibility index (Phi) is 4.29. The van der Waals surface area contributed by atoms with Gasteiger partial charge < -0.3 is 0 Å². The summed E-state index contributed by atoms with van der Waals surface area (Å²) in [4.78, 5) is 0.0173. The Balaban J connectivity index is 2.42. The average molecular weight is 310 g/mol. The Labute approximate surface area is 123 Å². The molecule has 0 amide bonds. The SMILES string of the molecule is N#Cc1ccc(S(=O)(=O)N2CCCCC2C#N)cc1Cl. The number of halogens is 1. The number of hydrogen-bond donors (Lipinski definition) is 0. The molecule has 1 saturated heterocycles. The smallest absolute Gasteiger partial charge is 0.207 e. The second kappa shape index (κ2) is 5.80. The zero-order valence-corrected chi connectivity index (χ0v) is 12.2. The lowest BCUT2D eigenvalue weighted by atomic mass is 10.1. The van der Waals surface area contributed by atoms with E-state index in [0.29, 0.717) is 13.0 Å². The van der Waals surface area contributed by atoms with Crippen LogP contribution in [0.25, 0.3) is 0 Å². The molecule has 0 aliphatic carbocycles. The lowest BCUT2D eigenvalue weighted by Crippen LogP contribution is -2.42. The average Bonchev–Trinajstić information content (AvgIpc) is 2.47. The van der Waals surface area contributed by atoms with E-state index in [1.807, 2.05) is 12.1 Å². The van der Waals surface area contributed by atoms with E-state index in [0.717, 1.165) is 12.8 Å². The van der Waals surface area contributed by atoms with Gasteiger partial charge in [0.1, 0.15) is 12.1 Å². The standard InChI is InChI=1S/C13H12ClN3O2S/c14-13-7-12(5-4-10(13)8-15)20(18,19)17-6-2-1-3-11(17)9-16/h4-5,7,11H,1-3,6H2. The van der Waals surface area contributed by atoms with Crippen LogP contribution >= 0.6 is 11.6 Å². The summed E-state index contributed by atoms with van der Waals surface area (Å²) < 4.78 is 26.3. The number of piperidine rings is 1. The molecule has 1 aromatic rings. The van der Waals surface area contributed by atoms with Crippen LogP contribution in [-0.2, 0) is 10.0 Å². The molecule has 1 heterocycles. The fourth-order valence-electron chi connectivity index (χ4n) is 2.20. The topological polar surface area (TPSA) is 85.0 Å². The fourth-order valence-corrected chi connectivity index (χ4v) is 4.13. The second-order valence-electron chi connectivity index (χ2n) is 4.51. The van der Waals surface area contributed by atoms with Gasteiger partial charge in [-0.15, -0.1) is 0 Å². The monoisotopic (exact) mass is 309 g/mol. The van der Waals surface area contributed by atoms with Crippen LogP contribution < -0.4 is 0 Å². The molecular formula is C13H12ClN3O2S. The van der Waals surface area contributed by atoms with Gasteiger partial charge in [0.15, 0.2) is 0 Å². The lowest BCUT2D eigenvalue weighted by Gasteiger charge is -2.30. The summed E-state index contributed by atoms with van der Waals surface area (Å²) in [6.07, 6.45) is 2.12. The van der Waals surface area contributed by atoms with Gasteiger partial charge in [-0.2, -0.15) is 14.8 Å². The third-order valence-corrected chi connectivity index (χ3v) is 5.49. The van der Waals surface area contributed by atoms with Gasteiger partial charge in [-0.25, -0.2) is 8.42 Å². The van der Waals surface area contributed by atoms with Gasteiger partial charge in [0, 0.05) is 6.54 Å². The summed E-state index contributed by atoms with van der Waals surface area (Å²) in [5, 5.41) is 18.0. The van der Waals surface area contributed by atoms with Gasteiger partial charge in [0.2, 0.25) is 10.0 Å². The van der Waals surface area contributed by atoms with Crippen molar-refractivity contribution in [1.82, 2.24) is 4.31 Å². The van der Waals surface area contributed by atoms with Crippen LogP contribution in [0.15, 0.2) is 23.1 Å². The Hall–Kier alpha value is -1.60. The number of hydrogen-bond acceptors (Lipinski definition) is 4. The zero-order chi connectivity index (χ0) is 14.8. The van der Waals surface area contributed by atoms with E-state index in [1.165, 1.54) is 22.5 Å². The first kappa shape index (κ1) is 14.8. The minimum atomic E-state index is -3.75. The molecule has 1 aliphatic rings. The Morgan fingerprint density at radius 3 is 2.65 bits per heavy atom. The van der Waals surface area contributed by atoms with Crippen LogP contribution in [0.1, 0.15) is 24.8 Å². The molecule has 0 aromatic heterocycles. The van der Waals surface area contributed by atoms with Gasteiger partial charge in [-0.3, -0.25) is 0 Å². The number of rotatable bonds is 2. The van der Waals surface area contributed by atoms with Crippen molar-refractivity contribution in [1.29, 1.82) is 10.5 Å². The summed E-state index contributed by atoms with van der Waals surface area (Å²) in [5.41, 5.74) is 0.223. The van der Waals surface area contributed by atoms with Crippen LogP contribution in [0.4, 0.5) is 0 Å². The molecule has 0 radical (unpaired) electrons. The Morgan fingerprint density at radius 1 is 1.30 bits per heavy atom. The van der Waals surface area contributed by atoms with Crippen molar-refractivity contribution in [3.8, 4) is 12.1 Å². The van der Waals surface area contributed by atoms with E-state index in [-0.39, 0.29) is 15.5 Å². The van der Waals surface area contributed by atoms with Gasteiger partial charge in [0.25, 0.3) is 0 Å². The molecule has 1 fully saturated rings. The molecule has 20 heavy (non-hydrogen) atoms. The normalized spacial score (nSPS) is 20.1. The molecule has 104 valence electrons. The van der Waals surface area contributed by atoms with Gasteiger partial charge in [-0.1, -0.05) is 11.6 Å². The number of nitriles is 2. The Bertz CT molecular complexity index is 703. The molecule has 0 spiro atoms. The number of benzene rings is 1. The van der Waals surface area contributed by atoms with E-state index < -0.39 is 16.1 Å². The first-order valence-corrected chi connectivity index (χ1v) is 7.93. The maximum absolute atomic E-state index is 12.5. The zero-order valence-electron chi connectivity index (χ0n) is 10.6. The van der Waals surface area contributed by atoms with Crippen LogP contribution in [-0.4, -0.2) is 25.3 Å². The van der Waals surface area contributed by atoms with Gasteiger partial charge in [0.05, 0.1) is 21.6 Å². The van der Waals surface area contributed by atoms with Gasteiger partial charge in [-0.05, 0) is 37.5 Å². The van der Waals surface area contributed by atoms with E-state index in [1.54, 1.807) is 0 Å². The maximum Gasteiger partial charge on any atom is 0.244 e. The van der Waals surface area contributed by atoms with Crippen molar-refractivity contribution < 1.29 is 8.42 Å². The van der Waals surface area contributed by atoms with E-state index in [2.05, 4.69) is 0 Å². The molecule has 5 nitrogen and oxygen atoms in total. The van der Waals surface area contributed by atoms with Crippen LogP contribution in [0, 0.1) is 22.7 Å². The van der Waals surface area contributed by atoms with Crippen LogP contribution in [0.5, 0.6) is 0 Å². The first-order valence-electron chi connectivity index (χ1n) is 6.12.